The lowest BCUT2D eigenvalue weighted by molar-refractivity contribution is 0.102. The van der Waals surface area contributed by atoms with E-state index in [-0.39, 0.29) is 5.91 Å². The van der Waals surface area contributed by atoms with Gasteiger partial charge in [-0.05, 0) is 42.5 Å². The summed E-state index contributed by atoms with van der Waals surface area (Å²) >= 11 is 2.51. The third-order valence-electron chi connectivity index (χ3n) is 3.63. The van der Waals surface area contributed by atoms with Crippen LogP contribution in [0.3, 0.4) is 0 Å². The normalized spacial score (nSPS) is 10.8. The van der Waals surface area contributed by atoms with Gasteiger partial charge in [-0.15, -0.1) is 11.3 Å². The Morgan fingerprint density at radius 1 is 1.08 bits per heavy atom. The second kappa shape index (κ2) is 6.58. The fraction of sp³-hybridized carbons (Fsp3) is 0.0588. The van der Waals surface area contributed by atoms with E-state index in [1.54, 1.807) is 25.3 Å². The van der Waals surface area contributed by atoms with Crippen LogP contribution in [0.2, 0.25) is 0 Å². The van der Waals surface area contributed by atoms with Crippen LogP contribution in [0.25, 0.3) is 22.3 Å². The highest BCUT2D eigenvalue weighted by Gasteiger charge is 2.11. The fourth-order valence-electron chi connectivity index (χ4n) is 2.32. The maximum absolute atomic E-state index is 12.4. The Morgan fingerprint density at radius 2 is 1.88 bits per heavy atom. The number of aromatic nitrogens is 3. The molecule has 0 bridgehead atoms. The number of hydrogen-bond donors (Lipinski definition) is 1. The van der Waals surface area contributed by atoms with Crippen molar-refractivity contribution in [3.8, 4) is 17.0 Å². The molecule has 4 aromatic rings. The number of nitrogens with zero attached hydrogens (tertiary/aromatic N) is 3. The number of rotatable bonds is 4. The summed E-state index contributed by atoms with van der Waals surface area (Å²) in [5.74, 6) is 0.574. The van der Waals surface area contributed by atoms with Crippen molar-refractivity contribution in [2.24, 2.45) is 0 Å². The van der Waals surface area contributed by atoms with E-state index >= 15 is 0 Å². The van der Waals surface area contributed by atoms with Crippen LogP contribution < -0.4 is 10.1 Å². The van der Waals surface area contributed by atoms with Crippen LogP contribution in [0.15, 0.2) is 47.8 Å². The molecule has 2 heterocycles. The molecule has 1 amide bonds. The molecular formula is C17H12N4O2S2. The number of methoxy groups -OCH3 is 1. The molecule has 0 unspecified atom stereocenters. The highest BCUT2D eigenvalue weighted by atomic mass is 32.1. The average Bonchev–Trinajstić information content (AvgIpc) is 3.30. The molecule has 0 aliphatic heterocycles. The Morgan fingerprint density at radius 3 is 2.68 bits per heavy atom. The van der Waals surface area contributed by atoms with Crippen molar-refractivity contribution in [2.45, 2.75) is 0 Å². The highest BCUT2D eigenvalue weighted by Crippen LogP contribution is 2.27. The maximum Gasteiger partial charge on any atom is 0.257 e. The smallest absolute Gasteiger partial charge is 0.257 e. The quantitative estimate of drug-likeness (QED) is 0.587. The van der Waals surface area contributed by atoms with E-state index in [1.165, 1.54) is 11.3 Å². The third-order valence-corrected chi connectivity index (χ3v) is 4.94. The lowest BCUT2D eigenvalue weighted by Crippen LogP contribution is -2.11. The highest BCUT2D eigenvalue weighted by molar-refractivity contribution is 7.14. The number of thiazole rings is 1. The number of nitrogens with one attached hydrogen (secondary N) is 1. The van der Waals surface area contributed by atoms with E-state index in [1.807, 2.05) is 29.6 Å². The Bertz CT molecular complexity index is 1040. The fourth-order valence-corrected chi connectivity index (χ4v) is 3.55. The van der Waals surface area contributed by atoms with Gasteiger partial charge in [0.1, 0.15) is 16.8 Å². The first kappa shape index (κ1) is 15.7. The summed E-state index contributed by atoms with van der Waals surface area (Å²) in [5.41, 5.74) is 3.81. The Balaban J connectivity index is 1.52. The SMILES string of the molecule is COc1ccc(-c2csc(NC(=O)c3ccc4nsnc4c3)n2)cc1. The Kier molecular flexibility index (Phi) is 4.12. The van der Waals surface area contributed by atoms with E-state index < -0.39 is 0 Å². The van der Waals surface area contributed by atoms with Crippen LogP contribution in [-0.2, 0) is 0 Å². The van der Waals surface area contributed by atoms with Crippen LogP contribution in [0.1, 0.15) is 10.4 Å². The zero-order valence-electron chi connectivity index (χ0n) is 13.1. The summed E-state index contributed by atoms with van der Waals surface area (Å²) in [6, 6.07) is 12.9. The minimum absolute atomic E-state index is 0.217. The second-order valence-corrected chi connectivity index (χ2v) is 6.57. The number of ether oxygens (including phenoxy) is 1. The van der Waals surface area contributed by atoms with Gasteiger partial charge in [-0.2, -0.15) is 8.75 Å². The molecule has 0 radical (unpaired) electrons. The molecule has 2 aromatic carbocycles. The molecular weight excluding hydrogens is 356 g/mol. The van der Waals surface area contributed by atoms with Crippen LogP contribution in [0.4, 0.5) is 5.13 Å². The monoisotopic (exact) mass is 368 g/mol. The van der Waals surface area contributed by atoms with Crippen molar-refractivity contribution in [1.29, 1.82) is 0 Å². The predicted octanol–water partition coefficient (Wildman–Crippen LogP) is 4.08. The zero-order valence-corrected chi connectivity index (χ0v) is 14.7. The molecule has 0 saturated carbocycles. The molecule has 0 saturated heterocycles. The number of fused-ring (bicyclic) bond motifs is 1. The van der Waals surface area contributed by atoms with Crippen molar-refractivity contribution in [3.63, 3.8) is 0 Å². The summed E-state index contributed by atoms with van der Waals surface area (Å²) in [7, 11) is 1.63. The van der Waals surface area contributed by atoms with E-state index in [0.29, 0.717) is 10.7 Å². The van der Waals surface area contributed by atoms with Crippen molar-refractivity contribution in [3.05, 3.63) is 53.4 Å². The van der Waals surface area contributed by atoms with Crippen molar-refractivity contribution in [1.82, 2.24) is 13.7 Å². The molecule has 0 aliphatic rings. The number of carbonyl (C=O) groups excluding carboxylic acids is 1. The molecule has 0 fully saturated rings. The number of anilines is 1. The maximum atomic E-state index is 12.4. The molecule has 2 aromatic heterocycles. The number of carbonyl (C=O) groups is 1. The first-order valence-corrected chi connectivity index (χ1v) is 8.97. The predicted molar refractivity (Wildman–Crippen MR) is 99.5 cm³/mol. The van der Waals surface area contributed by atoms with Gasteiger partial charge in [0.2, 0.25) is 0 Å². The van der Waals surface area contributed by atoms with Gasteiger partial charge < -0.3 is 4.74 Å². The second-order valence-electron chi connectivity index (χ2n) is 5.19. The summed E-state index contributed by atoms with van der Waals surface area (Å²) in [5, 5.41) is 5.28. The van der Waals surface area contributed by atoms with Crippen LogP contribution in [-0.4, -0.2) is 26.7 Å². The van der Waals surface area contributed by atoms with Gasteiger partial charge in [0.15, 0.2) is 5.13 Å². The molecule has 25 heavy (non-hydrogen) atoms. The molecule has 6 nitrogen and oxygen atoms in total. The van der Waals surface area contributed by atoms with Crippen LogP contribution >= 0.6 is 23.1 Å². The Hall–Kier alpha value is -2.84. The van der Waals surface area contributed by atoms with Crippen molar-refractivity contribution >= 4 is 45.1 Å². The number of benzene rings is 2. The summed E-state index contributed by atoms with van der Waals surface area (Å²) in [6.07, 6.45) is 0. The molecule has 8 heteroatoms. The standard InChI is InChI=1S/C17H12N4O2S2/c1-23-12-5-2-10(3-6-12)15-9-24-17(18-15)19-16(22)11-4-7-13-14(8-11)21-25-20-13/h2-9H,1H3,(H,18,19,22). The average molecular weight is 368 g/mol. The van der Waals surface area contributed by atoms with E-state index in [2.05, 4.69) is 19.0 Å². The molecule has 0 atom stereocenters. The topological polar surface area (TPSA) is 77.0 Å². The summed E-state index contributed by atoms with van der Waals surface area (Å²) in [4.78, 5) is 16.9. The van der Waals surface area contributed by atoms with Crippen LogP contribution in [0, 0.1) is 0 Å². The van der Waals surface area contributed by atoms with Gasteiger partial charge in [-0.25, -0.2) is 4.98 Å². The summed E-state index contributed by atoms with van der Waals surface area (Å²) in [6.45, 7) is 0. The van der Waals surface area contributed by atoms with Gasteiger partial charge >= 0.3 is 0 Å². The molecule has 1 N–H and O–H groups in total. The van der Waals surface area contributed by atoms with E-state index in [9.17, 15) is 4.79 Å². The summed E-state index contributed by atoms with van der Waals surface area (Å²) < 4.78 is 13.4. The largest absolute Gasteiger partial charge is 0.497 e. The van der Waals surface area contributed by atoms with Crippen molar-refractivity contribution < 1.29 is 9.53 Å². The number of hydrogen-bond acceptors (Lipinski definition) is 7. The van der Waals surface area contributed by atoms with Gasteiger partial charge in [0.05, 0.1) is 24.5 Å². The minimum Gasteiger partial charge on any atom is -0.497 e. The van der Waals surface area contributed by atoms with Gasteiger partial charge in [-0.1, -0.05) is 0 Å². The third kappa shape index (κ3) is 3.21. The zero-order chi connectivity index (χ0) is 17.2. The molecule has 0 aliphatic carbocycles. The molecule has 4 rings (SSSR count). The Labute approximate surface area is 151 Å². The number of amides is 1. The van der Waals surface area contributed by atoms with Crippen LogP contribution in [0.5, 0.6) is 5.75 Å². The van der Waals surface area contributed by atoms with E-state index in [0.717, 1.165) is 39.8 Å². The van der Waals surface area contributed by atoms with Gasteiger partial charge in [-0.3, -0.25) is 10.1 Å². The lowest BCUT2D eigenvalue weighted by atomic mass is 10.2. The van der Waals surface area contributed by atoms with Gasteiger partial charge in [0, 0.05) is 16.5 Å². The first-order valence-electron chi connectivity index (χ1n) is 7.36. The lowest BCUT2D eigenvalue weighted by Gasteiger charge is -2.02. The molecule has 0 spiro atoms. The van der Waals surface area contributed by atoms with E-state index in [4.69, 9.17) is 4.74 Å². The molecule has 124 valence electrons. The first-order chi connectivity index (χ1) is 12.2. The van der Waals surface area contributed by atoms with Crippen molar-refractivity contribution in [2.75, 3.05) is 12.4 Å². The minimum atomic E-state index is -0.217. The van der Waals surface area contributed by atoms with Gasteiger partial charge in [0.25, 0.3) is 5.91 Å².